The molecule has 1 amide bonds. The number of carbonyl (C=O) groups excluding carboxylic acids is 1. The highest BCUT2D eigenvalue weighted by Crippen LogP contribution is 2.17. The van der Waals surface area contributed by atoms with Gasteiger partial charge in [0.05, 0.1) is 5.02 Å². The quantitative estimate of drug-likeness (QED) is 0.846. The lowest BCUT2D eigenvalue weighted by Gasteiger charge is -2.24. The summed E-state index contributed by atoms with van der Waals surface area (Å²) in [6.07, 6.45) is -0.377. The molecule has 0 saturated carbocycles. The Morgan fingerprint density at radius 2 is 2.10 bits per heavy atom. The van der Waals surface area contributed by atoms with E-state index < -0.39 is 11.4 Å². The van der Waals surface area contributed by atoms with Crippen LogP contribution in [0.2, 0.25) is 5.02 Å². The van der Waals surface area contributed by atoms with Crippen molar-refractivity contribution in [2.45, 2.75) is 32.9 Å². The standard InChI is InChI=1S/C15H22ClFN2O2/c1-15(2,3)21-14(20)19(4)9-8-18-10-11-6-5-7-12(16)13(11)17/h5-7,18H,8-10H2,1-4H3. The monoisotopic (exact) mass is 316 g/mol. The molecule has 0 bridgehead atoms. The number of rotatable bonds is 5. The van der Waals surface area contributed by atoms with E-state index in [0.717, 1.165) is 0 Å². The van der Waals surface area contributed by atoms with Crippen LogP contribution in [0, 0.1) is 5.82 Å². The zero-order valence-electron chi connectivity index (χ0n) is 12.9. The number of hydrogen-bond acceptors (Lipinski definition) is 3. The van der Waals surface area contributed by atoms with Crippen molar-refractivity contribution in [1.82, 2.24) is 10.2 Å². The molecule has 0 unspecified atom stereocenters. The summed E-state index contributed by atoms with van der Waals surface area (Å²) in [5, 5.41) is 3.18. The SMILES string of the molecule is CN(CCNCc1cccc(Cl)c1F)C(=O)OC(C)(C)C. The first-order valence-corrected chi connectivity index (χ1v) is 7.16. The van der Waals surface area contributed by atoms with Crippen LogP contribution in [-0.2, 0) is 11.3 Å². The third kappa shape index (κ3) is 6.31. The molecular weight excluding hydrogens is 295 g/mol. The van der Waals surface area contributed by atoms with Gasteiger partial charge >= 0.3 is 6.09 Å². The predicted octanol–water partition coefficient (Wildman–Crippen LogP) is 3.44. The van der Waals surface area contributed by atoms with Crippen molar-refractivity contribution in [3.63, 3.8) is 0 Å². The van der Waals surface area contributed by atoms with Crippen LogP contribution in [-0.4, -0.2) is 36.7 Å². The molecule has 0 heterocycles. The Morgan fingerprint density at radius 1 is 1.43 bits per heavy atom. The molecule has 6 heteroatoms. The molecule has 0 spiro atoms. The number of likely N-dealkylation sites (N-methyl/N-ethyl adjacent to an activating group) is 1. The van der Waals surface area contributed by atoms with Crippen molar-refractivity contribution in [3.8, 4) is 0 Å². The minimum Gasteiger partial charge on any atom is -0.444 e. The van der Waals surface area contributed by atoms with Crippen LogP contribution in [0.15, 0.2) is 18.2 Å². The molecule has 1 aromatic rings. The fourth-order valence-corrected chi connectivity index (χ4v) is 1.78. The van der Waals surface area contributed by atoms with Gasteiger partial charge in [0.25, 0.3) is 0 Å². The fraction of sp³-hybridized carbons (Fsp3) is 0.533. The Bertz CT molecular complexity index is 489. The molecule has 0 atom stereocenters. The van der Waals surface area contributed by atoms with E-state index in [-0.39, 0.29) is 11.1 Å². The molecule has 0 aromatic heterocycles. The maximum absolute atomic E-state index is 13.6. The summed E-state index contributed by atoms with van der Waals surface area (Å²) in [5.41, 5.74) is -0.00898. The third-order valence-electron chi connectivity index (χ3n) is 2.68. The van der Waals surface area contributed by atoms with E-state index in [4.69, 9.17) is 16.3 Å². The highest BCUT2D eigenvalue weighted by molar-refractivity contribution is 6.30. The highest BCUT2D eigenvalue weighted by atomic mass is 35.5. The number of nitrogens with zero attached hydrogens (tertiary/aromatic N) is 1. The Hall–Kier alpha value is -1.33. The van der Waals surface area contributed by atoms with Crippen LogP contribution in [0.5, 0.6) is 0 Å². The van der Waals surface area contributed by atoms with Gasteiger partial charge in [-0.2, -0.15) is 0 Å². The van der Waals surface area contributed by atoms with E-state index in [2.05, 4.69) is 5.32 Å². The molecule has 118 valence electrons. The van der Waals surface area contributed by atoms with Gasteiger partial charge < -0.3 is 15.0 Å². The summed E-state index contributed by atoms with van der Waals surface area (Å²) in [5.74, 6) is -0.410. The zero-order chi connectivity index (χ0) is 16.0. The lowest BCUT2D eigenvalue weighted by atomic mass is 10.2. The van der Waals surface area contributed by atoms with Gasteiger partial charge in [-0.3, -0.25) is 0 Å². The van der Waals surface area contributed by atoms with Gasteiger partial charge in [0, 0.05) is 32.2 Å². The normalized spacial score (nSPS) is 11.3. The van der Waals surface area contributed by atoms with E-state index >= 15 is 0 Å². The molecule has 1 N–H and O–H groups in total. The summed E-state index contributed by atoms with van der Waals surface area (Å²) in [7, 11) is 1.66. The summed E-state index contributed by atoms with van der Waals surface area (Å²) >= 11 is 5.71. The molecule has 0 aliphatic heterocycles. The first kappa shape index (κ1) is 17.7. The number of benzene rings is 1. The second kappa shape index (κ2) is 7.61. The smallest absolute Gasteiger partial charge is 0.410 e. The maximum atomic E-state index is 13.6. The van der Waals surface area contributed by atoms with Crippen LogP contribution in [0.3, 0.4) is 0 Å². The summed E-state index contributed by atoms with van der Waals surface area (Å²) in [6, 6.07) is 4.89. The number of ether oxygens (including phenoxy) is 1. The highest BCUT2D eigenvalue weighted by Gasteiger charge is 2.19. The van der Waals surface area contributed by atoms with Crippen LogP contribution in [0.1, 0.15) is 26.3 Å². The van der Waals surface area contributed by atoms with E-state index in [0.29, 0.717) is 25.2 Å². The average Bonchev–Trinajstić information content (AvgIpc) is 2.37. The number of halogens is 2. The molecule has 0 aliphatic carbocycles. The Labute approximate surface area is 130 Å². The van der Waals surface area contributed by atoms with Crippen LogP contribution in [0.25, 0.3) is 0 Å². The molecule has 1 aromatic carbocycles. The maximum Gasteiger partial charge on any atom is 0.410 e. The first-order valence-electron chi connectivity index (χ1n) is 6.78. The van der Waals surface area contributed by atoms with Crippen molar-refractivity contribution in [3.05, 3.63) is 34.6 Å². The summed E-state index contributed by atoms with van der Waals surface area (Å²) in [6.45, 7) is 6.81. The molecule has 4 nitrogen and oxygen atoms in total. The van der Waals surface area contributed by atoms with Crippen molar-refractivity contribution >= 4 is 17.7 Å². The Morgan fingerprint density at radius 3 is 2.71 bits per heavy atom. The number of carbonyl (C=O) groups is 1. The minimum absolute atomic E-state index is 0.111. The van der Waals surface area contributed by atoms with E-state index in [1.807, 2.05) is 20.8 Å². The van der Waals surface area contributed by atoms with Crippen LogP contribution < -0.4 is 5.32 Å². The lowest BCUT2D eigenvalue weighted by molar-refractivity contribution is 0.0300. The van der Waals surface area contributed by atoms with Crippen molar-refractivity contribution in [1.29, 1.82) is 0 Å². The largest absolute Gasteiger partial charge is 0.444 e. The third-order valence-corrected chi connectivity index (χ3v) is 2.97. The average molecular weight is 317 g/mol. The van der Waals surface area contributed by atoms with Crippen molar-refractivity contribution in [2.75, 3.05) is 20.1 Å². The predicted molar refractivity (Wildman–Crippen MR) is 82.0 cm³/mol. The van der Waals surface area contributed by atoms with Gasteiger partial charge in [0.15, 0.2) is 0 Å². The molecule has 0 aliphatic rings. The lowest BCUT2D eigenvalue weighted by Crippen LogP contribution is -2.37. The molecular formula is C15H22ClFN2O2. The molecule has 0 saturated heterocycles. The van der Waals surface area contributed by atoms with Gasteiger partial charge in [-0.25, -0.2) is 9.18 Å². The van der Waals surface area contributed by atoms with Crippen molar-refractivity contribution < 1.29 is 13.9 Å². The van der Waals surface area contributed by atoms with Crippen LogP contribution >= 0.6 is 11.6 Å². The fourth-order valence-electron chi connectivity index (χ4n) is 1.59. The van der Waals surface area contributed by atoms with Gasteiger partial charge in [-0.1, -0.05) is 23.7 Å². The molecule has 0 fully saturated rings. The van der Waals surface area contributed by atoms with Gasteiger partial charge in [-0.15, -0.1) is 0 Å². The molecule has 21 heavy (non-hydrogen) atoms. The van der Waals surface area contributed by atoms with Gasteiger partial charge in [0.2, 0.25) is 0 Å². The van der Waals surface area contributed by atoms with Gasteiger partial charge in [0.1, 0.15) is 11.4 Å². The minimum atomic E-state index is -0.511. The van der Waals surface area contributed by atoms with E-state index in [9.17, 15) is 9.18 Å². The van der Waals surface area contributed by atoms with Crippen LogP contribution in [0.4, 0.5) is 9.18 Å². The topological polar surface area (TPSA) is 41.6 Å². The van der Waals surface area contributed by atoms with Crippen molar-refractivity contribution in [2.24, 2.45) is 0 Å². The first-order chi connectivity index (χ1) is 9.70. The number of hydrogen-bond donors (Lipinski definition) is 1. The van der Waals surface area contributed by atoms with E-state index in [1.54, 1.807) is 19.2 Å². The second-order valence-corrected chi connectivity index (χ2v) is 6.20. The van der Waals surface area contributed by atoms with Gasteiger partial charge in [-0.05, 0) is 26.8 Å². The number of nitrogens with one attached hydrogen (secondary N) is 1. The molecule has 0 radical (unpaired) electrons. The summed E-state index contributed by atoms with van der Waals surface area (Å²) in [4.78, 5) is 13.2. The Kier molecular flexibility index (Phi) is 6.42. The number of amides is 1. The van der Waals surface area contributed by atoms with E-state index in [1.165, 1.54) is 11.0 Å². The Balaban J connectivity index is 2.34. The molecule has 1 rings (SSSR count). The zero-order valence-corrected chi connectivity index (χ0v) is 13.6. The summed E-state index contributed by atoms with van der Waals surface area (Å²) < 4.78 is 18.9. The second-order valence-electron chi connectivity index (χ2n) is 5.79.